The number of likely N-dealkylation sites (N-methyl/N-ethyl adjacent to an activating group) is 1. The minimum absolute atomic E-state index is 0.0577. The SMILES string of the molecule is CON(C)C(=O)COc1ncc(C(=O)O)cn1. The number of rotatable bonds is 5. The lowest BCUT2D eigenvalue weighted by molar-refractivity contribution is -0.170. The van der Waals surface area contributed by atoms with Crippen LogP contribution in [0.25, 0.3) is 0 Å². The summed E-state index contributed by atoms with van der Waals surface area (Å²) in [6.45, 7) is -0.295. The number of carboxylic acids is 1. The molecule has 0 aliphatic carbocycles. The van der Waals surface area contributed by atoms with Gasteiger partial charge in [0.15, 0.2) is 6.61 Å². The van der Waals surface area contributed by atoms with Crippen LogP contribution in [0.4, 0.5) is 0 Å². The van der Waals surface area contributed by atoms with E-state index >= 15 is 0 Å². The van der Waals surface area contributed by atoms with Gasteiger partial charge in [-0.1, -0.05) is 0 Å². The number of aromatic carboxylic acids is 1. The molecule has 0 saturated carbocycles. The number of aromatic nitrogens is 2. The molecule has 0 saturated heterocycles. The first-order chi connectivity index (χ1) is 8.04. The third kappa shape index (κ3) is 3.68. The van der Waals surface area contributed by atoms with Gasteiger partial charge in [-0.2, -0.15) is 0 Å². The van der Waals surface area contributed by atoms with Gasteiger partial charge in [0.1, 0.15) is 0 Å². The van der Waals surface area contributed by atoms with Crippen molar-refractivity contribution in [2.24, 2.45) is 0 Å². The highest BCUT2D eigenvalue weighted by Gasteiger charge is 2.10. The highest BCUT2D eigenvalue weighted by Crippen LogP contribution is 2.02. The molecule has 0 spiro atoms. The minimum atomic E-state index is -1.13. The maximum atomic E-state index is 11.2. The molecular formula is C9H11N3O5. The summed E-state index contributed by atoms with van der Waals surface area (Å²) in [5.41, 5.74) is -0.0577. The van der Waals surface area contributed by atoms with Crippen molar-refractivity contribution in [1.29, 1.82) is 0 Å². The van der Waals surface area contributed by atoms with E-state index in [-0.39, 0.29) is 18.2 Å². The van der Waals surface area contributed by atoms with Crippen LogP contribution >= 0.6 is 0 Å². The van der Waals surface area contributed by atoms with E-state index in [0.29, 0.717) is 0 Å². The van der Waals surface area contributed by atoms with E-state index in [1.165, 1.54) is 14.2 Å². The van der Waals surface area contributed by atoms with E-state index in [9.17, 15) is 9.59 Å². The van der Waals surface area contributed by atoms with Gasteiger partial charge in [0.05, 0.1) is 12.7 Å². The fourth-order valence-electron chi connectivity index (χ4n) is 0.820. The highest BCUT2D eigenvalue weighted by atomic mass is 16.7. The van der Waals surface area contributed by atoms with Gasteiger partial charge in [0, 0.05) is 19.4 Å². The first-order valence-electron chi connectivity index (χ1n) is 4.53. The summed E-state index contributed by atoms with van der Waals surface area (Å²) < 4.78 is 4.94. The monoisotopic (exact) mass is 241 g/mol. The largest absolute Gasteiger partial charge is 0.478 e. The lowest BCUT2D eigenvalue weighted by Gasteiger charge is -2.13. The number of amides is 1. The third-order valence-corrected chi connectivity index (χ3v) is 1.82. The van der Waals surface area contributed by atoms with Gasteiger partial charge in [-0.15, -0.1) is 0 Å². The Morgan fingerprint density at radius 1 is 1.41 bits per heavy atom. The summed E-state index contributed by atoms with van der Waals surface area (Å²) in [5, 5.41) is 9.59. The van der Waals surface area contributed by atoms with Crippen molar-refractivity contribution in [3.05, 3.63) is 18.0 Å². The number of ether oxygens (including phenoxy) is 1. The second-order valence-electron chi connectivity index (χ2n) is 2.92. The van der Waals surface area contributed by atoms with Crippen molar-refractivity contribution in [1.82, 2.24) is 15.0 Å². The van der Waals surface area contributed by atoms with Crippen LogP contribution in [0.5, 0.6) is 6.01 Å². The van der Waals surface area contributed by atoms with Gasteiger partial charge >= 0.3 is 12.0 Å². The fourth-order valence-corrected chi connectivity index (χ4v) is 0.820. The molecule has 8 heteroatoms. The molecule has 0 atom stereocenters. The Kier molecular flexibility index (Phi) is 4.35. The van der Waals surface area contributed by atoms with Crippen molar-refractivity contribution < 1.29 is 24.3 Å². The molecule has 1 aromatic heterocycles. The maximum absolute atomic E-state index is 11.2. The molecule has 17 heavy (non-hydrogen) atoms. The smallest absolute Gasteiger partial charge is 0.338 e. The van der Waals surface area contributed by atoms with Crippen LogP contribution in [0.15, 0.2) is 12.4 Å². The Hall–Kier alpha value is -2.22. The van der Waals surface area contributed by atoms with Crippen molar-refractivity contribution in [3.8, 4) is 6.01 Å². The zero-order valence-corrected chi connectivity index (χ0v) is 9.28. The Balaban J connectivity index is 2.53. The molecule has 1 rings (SSSR count). The van der Waals surface area contributed by atoms with E-state index in [2.05, 4.69) is 14.8 Å². The molecule has 1 amide bonds. The van der Waals surface area contributed by atoms with E-state index in [4.69, 9.17) is 9.84 Å². The summed E-state index contributed by atoms with van der Waals surface area (Å²) >= 11 is 0. The number of carboxylic acid groups (broad SMARTS) is 1. The van der Waals surface area contributed by atoms with Crippen molar-refractivity contribution >= 4 is 11.9 Å². The molecule has 1 aromatic rings. The molecule has 0 radical (unpaired) electrons. The molecule has 0 aliphatic heterocycles. The van der Waals surface area contributed by atoms with E-state index in [1.54, 1.807) is 0 Å². The van der Waals surface area contributed by atoms with E-state index in [1.807, 2.05) is 0 Å². The second-order valence-corrected chi connectivity index (χ2v) is 2.92. The molecule has 8 nitrogen and oxygen atoms in total. The molecule has 1 N–H and O–H groups in total. The van der Waals surface area contributed by atoms with Crippen molar-refractivity contribution in [3.63, 3.8) is 0 Å². The summed E-state index contributed by atoms with van der Waals surface area (Å²) in [7, 11) is 2.77. The molecular weight excluding hydrogens is 230 g/mol. The molecule has 92 valence electrons. The van der Waals surface area contributed by atoms with Gasteiger partial charge in [-0.3, -0.25) is 9.63 Å². The number of hydrogen-bond donors (Lipinski definition) is 1. The third-order valence-electron chi connectivity index (χ3n) is 1.82. The number of nitrogens with zero attached hydrogens (tertiary/aromatic N) is 3. The number of carbonyl (C=O) groups excluding carboxylic acids is 1. The van der Waals surface area contributed by atoms with Gasteiger partial charge in [-0.25, -0.2) is 19.8 Å². The lowest BCUT2D eigenvalue weighted by Crippen LogP contribution is -2.30. The minimum Gasteiger partial charge on any atom is -0.478 e. The lowest BCUT2D eigenvalue weighted by atomic mass is 10.4. The summed E-state index contributed by atoms with van der Waals surface area (Å²) in [6, 6.07) is -0.0761. The predicted octanol–water partition coefficient (Wildman–Crippen LogP) is -0.427. The van der Waals surface area contributed by atoms with Crippen LogP contribution in [0.1, 0.15) is 10.4 Å². The van der Waals surface area contributed by atoms with E-state index < -0.39 is 11.9 Å². The predicted molar refractivity (Wildman–Crippen MR) is 54.3 cm³/mol. The Morgan fingerprint density at radius 2 is 2.00 bits per heavy atom. The first kappa shape index (κ1) is 12.8. The fraction of sp³-hybridized carbons (Fsp3) is 0.333. The summed E-state index contributed by atoms with van der Waals surface area (Å²) in [6.07, 6.45) is 2.18. The maximum Gasteiger partial charge on any atom is 0.338 e. The zero-order chi connectivity index (χ0) is 12.8. The topological polar surface area (TPSA) is 102 Å². The van der Waals surface area contributed by atoms with Crippen molar-refractivity contribution in [2.45, 2.75) is 0 Å². The normalized spacial score (nSPS) is 9.76. The van der Waals surface area contributed by atoms with Gasteiger partial charge in [0.2, 0.25) is 0 Å². The van der Waals surface area contributed by atoms with Crippen LogP contribution in [-0.4, -0.2) is 52.8 Å². The Bertz CT molecular complexity index is 406. The molecule has 0 bridgehead atoms. The summed E-state index contributed by atoms with van der Waals surface area (Å²) in [5.74, 6) is -1.55. The van der Waals surface area contributed by atoms with Crippen LogP contribution in [0, 0.1) is 0 Å². The average Bonchev–Trinajstić information content (AvgIpc) is 2.35. The Morgan fingerprint density at radius 3 is 2.47 bits per heavy atom. The van der Waals surface area contributed by atoms with Gasteiger partial charge in [-0.05, 0) is 0 Å². The van der Waals surface area contributed by atoms with Crippen LogP contribution in [0.2, 0.25) is 0 Å². The Labute approximate surface area is 96.8 Å². The molecule has 1 heterocycles. The molecule has 0 unspecified atom stereocenters. The highest BCUT2D eigenvalue weighted by molar-refractivity contribution is 5.86. The standard InChI is InChI=1S/C9H11N3O5/c1-12(16-2)7(13)5-17-9-10-3-6(4-11-9)8(14)15/h3-4H,5H2,1-2H3,(H,14,15). The number of carbonyl (C=O) groups is 2. The van der Waals surface area contributed by atoms with Gasteiger partial charge in [0.25, 0.3) is 5.91 Å². The molecule has 0 aromatic carbocycles. The molecule has 0 aliphatic rings. The van der Waals surface area contributed by atoms with E-state index in [0.717, 1.165) is 17.5 Å². The zero-order valence-electron chi connectivity index (χ0n) is 9.28. The van der Waals surface area contributed by atoms with Crippen LogP contribution in [0.3, 0.4) is 0 Å². The molecule has 0 fully saturated rings. The van der Waals surface area contributed by atoms with Gasteiger partial charge < -0.3 is 9.84 Å². The summed E-state index contributed by atoms with van der Waals surface area (Å²) in [4.78, 5) is 33.7. The quantitative estimate of drug-likeness (QED) is 0.698. The van der Waals surface area contributed by atoms with Crippen LogP contribution < -0.4 is 4.74 Å². The van der Waals surface area contributed by atoms with Crippen molar-refractivity contribution in [2.75, 3.05) is 20.8 Å². The number of hydrogen-bond acceptors (Lipinski definition) is 6. The van der Waals surface area contributed by atoms with Crippen LogP contribution in [-0.2, 0) is 9.63 Å². The second kappa shape index (κ2) is 5.75. The first-order valence-corrected chi connectivity index (χ1v) is 4.53. The number of hydroxylamine groups is 2. The average molecular weight is 241 g/mol.